The highest BCUT2D eigenvalue weighted by Crippen LogP contribution is 2.25. The van der Waals surface area contributed by atoms with E-state index in [-0.39, 0.29) is 16.8 Å². The Morgan fingerprint density at radius 2 is 1.93 bits per heavy atom. The number of nitrogens with one attached hydrogen (secondary N) is 1. The Bertz CT molecular complexity index is 1070. The van der Waals surface area contributed by atoms with Crippen LogP contribution in [0.5, 0.6) is 5.75 Å². The molecule has 28 heavy (non-hydrogen) atoms. The Morgan fingerprint density at radius 1 is 1.18 bits per heavy atom. The van der Waals surface area contributed by atoms with Crippen molar-refractivity contribution in [2.45, 2.75) is 53.2 Å². The average Bonchev–Trinajstić information content (AvgIpc) is 2.96. The Kier molecular flexibility index (Phi) is 5.89. The lowest BCUT2D eigenvalue weighted by Crippen LogP contribution is -2.32. The highest BCUT2D eigenvalue weighted by molar-refractivity contribution is 7.16. The lowest BCUT2D eigenvalue weighted by atomic mass is 10.1. The minimum Gasteiger partial charge on any atom is -0.480 e. The molecule has 1 N–H and O–H groups in total. The van der Waals surface area contributed by atoms with Gasteiger partial charge in [0.2, 0.25) is 0 Å². The normalized spacial score (nSPS) is 12.4. The summed E-state index contributed by atoms with van der Waals surface area (Å²) in [7, 11) is 0. The van der Waals surface area contributed by atoms with Crippen LogP contribution in [0, 0.1) is 13.8 Å². The number of aromatic nitrogens is 1. The molecular formula is C22H26N2O3S. The number of rotatable bonds is 6. The Balaban J connectivity index is 1.79. The highest BCUT2D eigenvalue weighted by atomic mass is 32.1. The van der Waals surface area contributed by atoms with Crippen LogP contribution in [0.2, 0.25) is 0 Å². The summed E-state index contributed by atoms with van der Waals surface area (Å²) in [6.07, 6.45) is -0.0329. The first-order valence-corrected chi connectivity index (χ1v) is 10.3. The Hall–Kier alpha value is -2.60. The zero-order valence-corrected chi connectivity index (χ0v) is 17.7. The molecule has 0 aliphatic heterocycles. The SMILES string of the molecule is CC[C@@H](Oc1ccc(C)cc1C)C(=O)Nc1ccc2c(c1)sc(=O)n2C(C)C. The van der Waals surface area contributed by atoms with Gasteiger partial charge in [-0.05, 0) is 63.9 Å². The van der Waals surface area contributed by atoms with Crippen molar-refractivity contribution in [3.63, 3.8) is 0 Å². The molecule has 0 aliphatic carbocycles. The van der Waals surface area contributed by atoms with E-state index in [2.05, 4.69) is 5.32 Å². The fourth-order valence-corrected chi connectivity index (χ4v) is 4.29. The van der Waals surface area contributed by atoms with Gasteiger partial charge >= 0.3 is 4.87 Å². The number of hydrogen-bond donors (Lipinski definition) is 1. The smallest absolute Gasteiger partial charge is 0.308 e. The van der Waals surface area contributed by atoms with E-state index in [0.29, 0.717) is 12.1 Å². The van der Waals surface area contributed by atoms with Crippen LogP contribution >= 0.6 is 11.3 Å². The summed E-state index contributed by atoms with van der Waals surface area (Å²) in [6, 6.07) is 11.6. The van der Waals surface area contributed by atoms with Crippen molar-refractivity contribution >= 4 is 33.1 Å². The van der Waals surface area contributed by atoms with Crippen molar-refractivity contribution in [3.05, 3.63) is 57.2 Å². The number of aryl methyl sites for hydroxylation is 2. The van der Waals surface area contributed by atoms with Crippen LogP contribution in [0.15, 0.2) is 41.2 Å². The lowest BCUT2D eigenvalue weighted by Gasteiger charge is -2.19. The average molecular weight is 399 g/mol. The van der Waals surface area contributed by atoms with Gasteiger partial charge in [0, 0.05) is 11.7 Å². The van der Waals surface area contributed by atoms with E-state index in [9.17, 15) is 9.59 Å². The molecule has 0 radical (unpaired) electrons. The van der Waals surface area contributed by atoms with Crippen molar-refractivity contribution in [3.8, 4) is 5.75 Å². The van der Waals surface area contributed by atoms with Crippen LogP contribution in [0.25, 0.3) is 10.2 Å². The lowest BCUT2D eigenvalue weighted by molar-refractivity contribution is -0.122. The fourth-order valence-electron chi connectivity index (χ4n) is 3.23. The van der Waals surface area contributed by atoms with Crippen LogP contribution in [0.4, 0.5) is 5.69 Å². The van der Waals surface area contributed by atoms with Gasteiger partial charge in [-0.3, -0.25) is 14.2 Å². The quantitative estimate of drug-likeness (QED) is 0.631. The largest absolute Gasteiger partial charge is 0.480 e. The number of amides is 1. The van der Waals surface area contributed by atoms with Crippen LogP contribution in [-0.2, 0) is 4.79 Å². The van der Waals surface area contributed by atoms with Gasteiger partial charge in [-0.15, -0.1) is 0 Å². The van der Waals surface area contributed by atoms with Gasteiger partial charge in [-0.2, -0.15) is 0 Å². The summed E-state index contributed by atoms with van der Waals surface area (Å²) in [5.74, 6) is 0.521. The number of carbonyl (C=O) groups is 1. The third kappa shape index (κ3) is 4.12. The molecule has 2 aromatic carbocycles. The molecule has 3 rings (SSSR count). The third-order valence-electron chi connectivity index (χ3n) is 4.66. The van der Waals surface area contributed by atoms with Gasteiger partial charge in [-0.1, -0.05) is 36.0 Å². The fraction of sp³-hybridized carbons (Fsp3) is 0.364. The maximum atomic E-state index is 12.7. The maximum absolute atomic E-state index is 12.7. The first-order chi connectivity index (χ1) is 13.3. The van der Waals surface area contributed by atoms with Crippen molar-refractivity contribution in [1.29, 1.82) is 0 Å². The topological polar surface area (TPSA) is 60.3 Å². The number of thiazole rings is 1. The van der Waals surface area contributed by atoms with Crippen LogP contribution in [-0.4, -0.2) is 16.6 Å². The zero-order valence-electron chi connectivity index (χ0n) is 16.9. The summed E-state index contributed by atoms with van der Waals surface area (Å²) in [6.45, 7) is 9.89. The van der Waals surface area contributed by atoms with Gasteiger partial charge in [0.1, 0.15) is 5.75 Å². The molecule has 0 spiro atoms. The van der Waals surface area contributed by atoms with E-state index in [0.717, 1.165) is 27.1 Å². The predicted molar refractivity (Wildman–Crippen MR) is 116 cm³/mol. The minimum absolute atomic E-state index is 0.0121. The van der Waals surface area contributed by atoms with E-state index in [1.807, 2.05) is 71.0 Å². The number of nitrogens with zero attached hydrogens (tertiary/aromatic N) is 1. The molecule has 3 aromatic rings. The molecule has 0 bridgehead atoms. The second kappa shape index (κ2) is 8.19. The summed E-state index contributed by atoms with van der Waals surface area (Å²) in [5, 5.41) is 2.93. The Morgan fingerprint density at radius 3 is 2.57 bits per heavy atom. The molecule has 148 valence electrons. The second-order valence-electron chi connectivity index (χ2n) is 7.29. The van der Waals surface area contributed by atoms with E-state index >= 15 is 0 Å². The predicted octanol–water partition coefficient (Wildman–Crippen LogP) is 5.06. The second-order valence-corrected chi connectivity index (χ2v) is 8.28. The molecule has 0 unspecified atom stereocenters. The van der Waals surface area contributed by atoms with Gasteiger partial charge in [0.25, 0.3) is 5.91 Å². The molecular weight excluding hydrogens is 372 g/mol. The van der Waals surface area contributed by atoms with Crippen molar-refractivity contribution in [2.75, 3.05) is 5.32 Å². The van der Waals surface area contributed by atoms with Crippen LogP contribution in [0.1, 0.15) is 44.4 Å². The molecule has 6 heteroatoms. The van der Waals surface area contributed by atoms with Gasteiger partial charge in [0.15, 0.2) is 6.10 Å². The first-order valence-electron chi connectivity index (χ1n) is 9.50. The third-order valence-corrected chi connectivity index (χ3v) is 5.58. The van der Waals surface area contributed by atoms with E-state index in [1.54, 1.807) is 4.57 Å². The number of carbonyl (C=O) groups excluding carboxylic acids is 1. The van der Waals surface area contributed by atoms with Gasteiger partial charge in [0.05, 0.1) is 10.2 Å². The van der Waals surface area contributed by atoms with E-state index in [4.69, 9.17) is 4.74 Å². The molecule has 1 heterocycles. The van der Waals surface area contributed by atoms with E-state index in [1.165, 1.54) is 11.3 Å². The molecule has 1 amide bonds. The maximum Gasteiger partial charge on any atom is 0.308 e. The number of hydrogen-bond acceptors (Lipinski definition) is 4. The molecule has 1 aromatic heterocycles. The summed E-state index contributed by atoms with van der Waals surface area (Å²) in [4.78, 5) is 25.0. The van der Waals surface area contributed by atoms with Crippen LogP contribution in [0.3, 0.4) is 0 Å². The zero-order chi connectivity index (χ0) is 20.4. The first kappa shape index (κ1) is 20.1. The van der Waals surface area contributed by atoms with Crippen molar-refractivity contribution in [1.82, 2.24) is 4.57 Å². The van der Waals surface area contributed by atoms with Crippen LogP contribution < -0.4 is 14.9 Å². The molecule has 0 saturated carbocycles. The van der Waals surface area contributed by atoms with Gasteiger partial charge in [-0.25, -0.2) is 0 Å². The number of fused-ring (bicyclic) bond motifs is 1. The number of ether oxygens (including phenoxy) is 1. The summed E-state index contributed by atoms with van der Waals surface area (Å²) in [5.41, 5.74) is 3.72. The number of anilines is 1. The van der Waals surface area contributed by atoms with Gasteiger partial charge < -0.3 is 10.1 Å². The monoisotopic (exact) mass is 398 g/mol. The van der Waals surface area contributed by atoms with E-state index < -0.39 is 6.10 Å². The van der Waals surface area contributed by atoms with Crippen molar-refractivity contribution in [2.24, 2.45) is 0 Å². The highest BCUT2D eigenvalue weighted by Gasteiger charge is 2.20. The molecule has 0 saturated heterocycles. The number of benzene rings is 2. The summed E-state index contributed by atoms with van der Waals surface area (Å²) < 4.78 is 8.59. The molecule has 0 fully saturated rings. The summed E-state index contributed by atoms with van der Waals surface area (Å²) >= 11 is 1.19. The minimum atomic E-state index is -0.587. The molecule has 1 atom stereocenters. The standard InChI is InChI=1S/C22H26N2O3S/c1-6-18(27-19-10-7-14(4)11-15(19)5)21(25)23-16-8-9-17-20(12-16)28-22(26)24(17)13(2)3/h7-13,18H,6H2,1-5H3,(H,23,25)/t18-/m1/s1. The van der Waals surface area contributed by atoms with Crippen molar-refractivity contribution < 1.29 is 9.53 Å². The molecule has 5 nitrogen and oxygen atoms in total. The Labute approximate surface area is 169 Å². The molecule has 0 aliphatic rings.